The predicted molar refractivity (Wildman–Crippen MR) is 122 cm³/mol. The van der Waals surface area contributed by atoms with Crippen molar-refractivity contribution in [1.82, 2.24) is 0 Å². The van der Waals surface area contributed by atoms with Crippen LogP contribution in [0.15, 0.2) is 23.8 Å². The van der Waals surface area contributed by atoms with E-state index in [0.29, 0.717) is 30.1 Å². The molecule has 1 aliphatic rings. The summed E-state index contributed by atoms with van der Waals surface area (Å²) in [5.41, 5.74) is 1.21. The highest BCUT2D eigenvalue weighted by molar-refractivity contribution is 5.14. The second-order valence-corrected chi connectivity index (χ2v) is 9.13. The molecule has 176 valence electrons. The molecule has 0 heterocycles. The zero-order valence-corrected chi connectivity index (χ0v) is 20.4. The molecule has 0 saturated heterocycles. The lowest BCUT2D eigenvalue weighted by Gasteiger charge is -2.23. The summed E-state index contributed by atoms with van der Waals surface area (Å²) in [7, 11) is 4.99. The lowest BCUT2D eigenvalue weighted by molar-refractivity contribution is -0.0854. The van der Waals surface area contributed by atoms with E-state index in [1.165, 1.54) is 12.7 Å². The molecular formula is C25H46O5. The second kappa shape index (κ2) is 13.6. The summed E-state index contributed by atoms with van der Waals surface area (Å²) in [6.07, 6.45) is 8.64. The first-order valence-corrected chi connectivity index (χ1v) is 11.5. The largest absolute Gasteiger partial charge is 0.392 e. The third-order valence-electron chi connectivity index (χ3n) is 7.04. The monoisotopic (exact) mass is 426 g/mol. The molecule has 1 rings (SSSR count). The van der Waals surface area contributed by atoms with Crippen molar-refractivity contribution in [3.05, 3.63) is 23.8 Å². The van der Waals surface area contributed by atoms with Gasteiger partial charge >= 0.3 is 0 Å². The van der Waals surface area contributed by atoms with Gasteiger partial charge in [-0.2, -0.15) is 0 Å². The van der Waals surface area contributed by atoms with Gasteiger partial charge in [0, 0.05) is 33.7 Å². The Balaban J connectivity index is 2.55. The molecule has 1 aliphatic carbocycles. The molecule has 0 aromatic heterocycles. The SMILES string of the molecule is CCC(OC)C(C)C1C(C(O)C(C)/C=C/C=C(\C)CC(CCC(O)OC)OC)[C@@H]1C. The van der Waals surface area contributed by atoms with Crippen LogP contribution < -0.4 is 0 Å². The minimum Gasteiger partial charge on any atom is -0.392 e. The van der Waals surface area contributed by atoms with Crippen LogP contribution in [0.4, 0.5) is 0 Å². The molecule has 2 N–H and O–H groups in total. The van der Waals surface area contributed by atoms with Gasteiger partial charge in [-0.3, -0.25) is 0 Å². The quantitative estimate of drug-likeness (QED) is 0.296. The molecule has 8 unspecified atom stereocenters. The summed E-state index contributed by atoms with van der Waals surface area (Å²) < 4.78 is 16.0. The molecule has 0 radical (unpaired) electrons. The van der Waals surface area contributed by atoms with Crippen LogP contribution in [0, 0.1) is 29.6 Å². The summed E-state index contributed by atoms with van der Waals surface area (Å²) >= 11 is 0. The molecule has 0 spiro atoms. The summed E-state index contributed by atoms with van der Waals surface area (Å²) in [6.45, 7) is 10.9. The fourth-order valence-corrected chi connectivity index (χ4v) is 4.93. The van der Waals surface area contributed by atoms with Gasteiger partial charge in [0.15, 0.2) is 6.29 Å². The molecule has 0 aliphatic heterocycles. The van der Waals surface area contributed by atoms with Gasteiger partial charge in [-0.05, 0) is 49.9 Å². The van der Waals surface area contributed by atoms with Crippen LogP contribution in [-0.2, 0) is 14.2 Å². The highest BCUT2D eigenvalue weighted by atomic mass is 16.6. The minimum absolute atomic E-state index is 0.0596. The summed E-state index contributed by atoms with van der Waals surface area (Å²) in [6, 6.07) is 0. The van der Waals surface area contributed by atoms with E-state index in [-0.39, 0.29) is 24.2 Å². The lowest BCUT2D eigenvalue weighted by Crippen LogP contribution is -2.25. The molecule has 0 bridgehead atoms. The fourth-order valence-electron chi connectivity index (χ4n) is 4.93. The van der Waals surface area contributed by atoms with Crippen molar-refractivity contribution in [3.63, 3.8) is 0 Å². The number of hydrogen-bond donors (Lipinski definition) is 2. The zero-order valence-electron chi connectivity index (χ0n) is 20.4. The maximum atomic E-state index is 10.9. The molecule has 1 saturated carbocycles. The van der Waals surface area contributed by atoms with Gasteiger partial charge < -0.3 is 24.4 Å². The Bertz CT molecular complexity index is 528. The minimum atomic E-state index is -0.734. The van der Waals surface area contributed by atoms with E-state index in [9.17, 15) is 10.2 Å². The summed E-state index contributed by atoms with van der Waals surface area (Å²) in [4.78, 5) is 0. The molecule has 30 heavy (non-hydrogen) atoms. The van der Waals surface area contributed by atoms with Gasteiger partial charge in [-0.25, -0.2) is 0 Å². The van der Waals surface area contributed by atoms with Crippen LogP contribution in [0.2, 0.25) is 0 Å². The third-order valence-corrected chi connectivity index (χ3v) is 7.04. The van der Waals surface area contributed by atoms with E-state index in [2.05, 4.69) is 52.8 Å². The molecule has 5 nitrogen and oxygen atoms in total. The average molecular weight is 427 g/mol. The van der Waals surface area contributed by atoms with Gasteiger partial charge in [0.1, 0.15) is 0 Å². The van der Waals surface area contributed by atoms with Crippen molar-refractivity contribution < 1.29 is 24.4 Å². The van der Waals surface area contributed by atoms with Crippen LogP contribution in [-0.4, -0.2) is 56.1 Å². The molecule has 9 atom stereocenters. The van der Waals surface area contributed by atoms with E-state index in [0.717, 1.165) is 19.3 Å². The van der Waals surface area contributed by atoms with Crippen LogP contribution >= 0.6 is 0 Å². The zero-order chi connectivity index (χ0) is 22.8. The first-order chi connectivity index (χ1) is 14.2. The Hall–Kier alpha value is -0.720. The number of aliphatic hydroxyl groups excluding tert-OH is 2. The Morgan fingerprint density at radius 3 is 2.20 bits per heavy atom. The van der Waals surface area contributed by atoms with Gasteiger partial charge in [-0.15, -0.1) is 0 Å². The van der Waals surface area contributed by atoms with Crippen molar-refractivity contribution in [2.75, 3.05) is 21.3 Å². The van der Waals surface area contributed by atoms with Gasteiger partial charge in [0.2, 0.25) is 0 Å². The van der Waals surface area contributed by atoms with Crippen LogP contribution in [0.1, 0.15) is 60.3 Å². The normalized spacial score (nSPS) is 28.2. The summed E-state index contributed by atoms with van der Waals surface area (Å²) in [5, 5.41) is 20.4. The highest BCUT2D eigenvalue weighted by Gasteiger charge is 2.55. The number of aliphatic hydroxyl groups is 2. The first-order valence-electron chi connectivity index (χ1n) is 11.5. The highest BCUT2D eigenvalue weighted by Crippen LogP contribution is 2.55. The Morgan fingerprint density at radius 1 is 1.00 bits per heavy atom. The van der Waals surface area contributed by atoms with Crippen molar-refractivity contribution in [3.8, 4) is 0 Å². The standard InChI is InChI=1S/C25H46O5/c1-9-21(29-7)18(4)23-19(5)24(23)25(27)17(3)12-10-11-16(2)15-20(28-6)13-14-22(26)30-8/h10-12,17-27H,9,13-15H2,1-8H3/b12-10+,16-11+/t17?,18?,19-,20?,21?,22?,23?,24?,25?/m1/s1. The molecule has 0 amide bonds. The number of rotatable bonds is 15. The van der Waals surface area contributed by atoms with Crippen LogP contribution in [0.5, 0.6) is 0 Å². The molecule has 1 fully saturated rings. The van der Waals surface area contributed by atoms with Crippen molar-refractivity contribution in [1.29, 1.82) is 0 Å². The van der Waals surface area contributed by atoms with Crippen molar-refractivity contribution >= 4 is 0 Å². The van der Waals surface area contributed by atoms with E-state index in [1.807, 2.05) is 0 Å². The van der Waals surface area contributed by atoms with Crippen molar-refractivity contribution in [2.24, 2.45) is 29.6 Å². The number of methoxy groups -OCH3 is 3. The second-order valence-electron chi connectivity index (χ2n) is 9.13. The van der Waals surface area contributed by atoms with Gasteiger partial charge in [0.05, 0.1) is 18.3 Å². The predicted octanol–water partition coefficient (Wildman–Crippen LogP) is 4.58. The molecule has 0 aromatic rings. The van der Waals surface area contributed by atoms with Crippen LogP contribution in [0.25, 0.3) is 0 Å². The third kappa shape index (κ3) is 8.08. The Labute approximate surface area is 184 Å². The number of allylic oxidation sites excluding steroid dienone is 2. The van der Waals surface area contributed by atoms with E-state index in [4.69, 9.17) is 14.2 Å². The van der Waals surface area contributed by atoms with E-state index >= 15 is 0 Å². The molecular weight excluding hydrogens is 380 g/mol. The number of hydrogen-bond acceptors (Lipinski definition) is 5. The molecule has 5 heteroatoms. The number of ether oxygens (including phenoxy) is 3. The maximum absolute atomic E-state index is 10.9. The smallest absolute Gasteiger partial charge is 0.154 e. The maximum Gasteiger partial charge on any atom is 0.154 e. The lowest BCUT2D eigenvalue weighted by atomic mass is 9.91. The Morgan fingerprint density at radius 2 is 1.67 bits per heavy atom. The topological polar surface area (TPSA) is 68.2 Å². The Kier molecular flexibility index (Phi) is 12.4. The molecule has 0 aromatic carbocycles. The first kappa shape index (κ1) is 27.3. The van der Waals surface area contributed by atoms with E-state index in [1.54, 1.807) is 14.2 Å². The summed E-state index contributed by atoms with van der Waals surface area (Å²) in [5.74, 6) is 1.99. The van der Waals surface area contributed by atoms with Crippen LogP contribution in [0.3, 0.4) is 0 Å². The average Bonchev–Trinajstić information content (AvgIpc) is 3.41. The fraction of sp³-hybridized carbons (Fsp3) is 0.840. The van der Waals surface area contributed by atoms with Gasteiger partial charge in [-0.1, -0.05) is 51.5 Å². The van der Waals surface area contributed by atoms with Gasteiger partial charge in [0.25, 0.3) is 0 Å². The van der Waals surface area contributed by atoms with E-state index < -0.39 is 6.29 Å². The van der Waals surface area contributed by atoms with Crippen molar-refractivity contribution in [2.45, 2.75) is 84.9 Å².